The molecule has 0 unspecified atom stereocenters. The molecule has 0 amide bonds. The predicted octanol–water partition coefficient (Wildman–Crippen LogP) is 4.68. The summed E-state index contributed by atoms with van der Waals surface area (Å²) in [5.41, 5.74) is 4.41. The molecular formula is C28H26FN3O5. The minimum Gasteiger partial charge on any atom is -0.493 e. The summed E-state index contributed by atoms with van der Waals surface area (Å²) >= 11 is 0. The molecule has 0 saturated carbocycles. The third-order valence-corrected chi connectivity index (χ3v) is 6.66. The monoisotopic (exact) mass is 503 g/mol. The predicted molar refractivity (Wildman–Crippen MR) is 136 cm³/mol. The van der Waals surface area contributed by atoms with Crippen LogP contribution in [0.3, 0.4) is 0 Å². The van der Waals surface area contributed by atoms with Gasteiger partial charge >= 0.3 is 0 Å². The van der Waals surface area contributed by atoms with Crippen molar-refractivity contribution in [1.82, 2.24) is 15.0 Å². The summed E-state index contributed by atoms with van der Waals surface area (Å²) in [6.07, 6.45) is 3.08. The Morgan fingerprint density at radius 3 is 2.30 bits per heavy atom. The van der Waals surface area contributed by atoms with Crippen molar-refractivity contribution in [3.05, 3.63) is 81.9 Å². The molecule has 1 aliphatic rings. The van der Waals surface area contributed by atoms with Gasteiger partial charge in [-0.05, 0) is 72.0 Å². The normalized spacial score (nSPS) is 14.2. The summed E-state index contributed by atoms with van der Waals surface area (Å²) in [5, 5.41) is 8.73. The fourth-order valence-corrected chi connectivity index (χ4v) is 4.90. The van der Waals surface area contributed by atoms with Crippen molar-refractivity contribution in [2.45, 2.75) is 18.9 Å². The Morgan fingerprint density at radius 2 is 1.62 bits per heavy atom. The van der Waals surface area contributed by atoms with E-state index in [2.05, 4.69) is 10.3 Å². The average molecular weight is 504 g/mol. The molecule has 3 aromatic carbocycles. The van der Waals surface area contributed by atoms with Crippen LogP contribution >= 0.6 is 0 Å². The van der Waals surface area contributed by atoms with Crippen molar-refractivity contribution in [3.8, 4) is 45.4 Å². The number of halogens is 1. The highest BCUT2D eigenvalue weighted by Crippen LogP contribution is 2.50. The minimum atomic E-state index is -0.324. The smallest absolute Gasteiger partial charge is 0.220 e. The van der Waals surface area contributed by atoms with Crippen LogP contribution in [0.2, 0.25) is 0 Å². The van der Waals surface area contributed by atoms with E-state index in [4.69, 9.17) is 18.9 Å². The Kier molecular flexibility index (Phi) is 6.52. The first-order chi connectivity index (χ1) is 18.0. The van der Waals surface area contributed by atoms with E-state index >= 15 is 0 Å². The summed E-state index contributed by atoms with van der Waals surface area (Å²) in [4.78, 5) is 13.1. The molecule has 9 heteroatoms. The second-order valence-electron chi connectivity index (χ2n) is 8.60. The van der Waals surface area contributed by atoms with Gasteiger partial charge in [0.2, 0.25) is 11.2 Å². The third kappa shape index (κ3) is 4.26. The van der Waals surface area contributed by atoms with Gasteiger partial charge in [-0.2, -0.15) is 0 Å². The molecule has 1 aliphatic carbocycles. The Bertz CT molecular complexity index is 1520. The van der Waals surface area contributed by atoms with Gasteiger partial charge in [-0.3, -0.25) is 4.79 Å². The molecule has 0 spiro atoms. The number of hydrogen-bond acceptors (Lipinski definition) is 7. The molecule has 0 bridgehead atoms. The van der Waals surface area contributed by atoms with E-state index in [1.807, 2.05) is 18.3 Å². The largest absolute Gasteiger partial charge is 0.493 e. The van der Waals surface area contributed by atoms with Crippen LogP contribution < -0.4 is 24.4 Å². The Morgan fingerprint density at radius 1 is 0.892 bits per heavy atom. The topological polar surface area (TPSA) is 84.7 Å². The standard InChI is InChI=1S/C28H26FN3O5/c1-34-24-12-10-19-20(14-23(24)33)22(32-15-21(30-31-32)16-5-8-18(29)9-6-16)11-7-17-13-25(35-2)27(36-3)28(37-4)26(17)19/h5-6,8-10,12-15,22H,7,11H2,1-4H3/t22-/m0/s1. The van der Waals surface area contributed by atoms with E-state index in [1.54, 1.807) is 50.3 Å². The summed E-state index contributed by atoms with van der Waals surface area (Å²) in [6.45, 7) is 0. The van der Waals surface area contributed by atoms with Crippen LogP contribution in [0.25, 0.3) is 22.4 Å². The third-order valence-electron chi connectivity index (χ3n) is 6.66. The number of ether oxygens (including phenoxy) is 4. The molecule has 0 saturated heterocycles. The summed E-state index contributed by atoms with van der Waals surface area (Å²) in [5.74, 6) is 1.43. The summed E-state index contributed by atoms with van der Waals surface area (Å²) in [6, 6.07) is 12.8. The lowest BCUT2D eigenvalue weighted by Crippen LogP contribution is -2.13. The van der Waals surface area contributed by atoms with Crippen molar-refractivity contribution in [2.75, 3.05) is 28.4 Å². The van der Waals surface area contributed by atoms with Gasteiger partial charge in [0.1, 0.15) is 11.5 Å². The van der Waals surface area contributed by atoms with Gasteiger partial charge in [0.25, 0.3) is 0 Å². The highest BCUT2D eigenvalue weighted by Gasteiger charge is 2.30. The maximum atomic E-state index is 13.4. The van der Waals surface area contributed by atoms with Crippen LogP contribution in [-0.4, -0.2) is 43.4 Å². The van der Waals surface area contributed by atoms with Crippen molar-refractivity contribution in [3.63, 3.8) is 0 Å². The van der Waals surface area contributed by atoms with Crippen LogP contribution in [0.15, 0.2) is 59.5 Å². The molecule has 0 radical (unpaired) electrons. The first-order valence-corrected chi connectivity index (χ1v) is 11.7. The van der Waals surface area contributed by atoms with Crippen LogP contribution in [0, 0.1) is 5.82 Å². The fraction of sp³-hybridized carbons (Fsp3) is 0.250. The molecule has 0 aliphatic heterocycles. The molecule has 5 rings (SSSR count). The Balaban J connectivity index is 1.74. The van der Waals surface area contributed by atoms with Gasteiger partial charge < -0.3 is 18.9 Å². The van der Waals surface area contributed by atoms with E-state index in [9.17, 15) is 9.18 Å². The second kappa shape index (κ2) is 9.93. The van der Waals surface area contributed by atoms with Crippen molar-refractivity contribution in [2.24, 2.45) is 0 Å². The molecule has 8 nitrogen and oxygen atoms in total. The first-order valence-electron chi connectivity index (χ1n) is 11.7. The van der Waals surface area contributed by atoms with E-state index < -0.39 is 0 Å². The Labute approximate surface area is 213 Å². The van der Waals surface area contributed by atoms with Gasteiger partial charge in [0.05, 0.1) is 40.7 Å². The molecule has 1 aromatic heterocycles. The maximum absolute atomic E-state index is 13.4. The molecule has 37 heavy (non-hydrogen) atoms. The van der Waals surface area contributed by atoms with Crippen molar-refractivity contribution in [1.29, 1.82) is 0 Å². The van der Waals surface area contributed by atoms with E-state index in [1.165, 1.54) is 19.2 Å². The zero-order valence-corrected chi connectivity index (χ0v) is 20.9. The molecule has 190 valence electrons. The molecule has 4 aromatic rings. The van der Waals surface area contributed by atoms with Crippen LogP contribution in [0.4, 0.5) is 4.39 Å². The Hall–Kier alpha value is -4.40. The zero-order chi connectivity index (χ0) is 26.1. The maximum Gasteiger partial charge on any atom is 0.220 e. The van der Waals surface area contributed by atoms with Gasteiger partial charge in [0, 0.05) is 11.1 Å². The van der Waals surface area contributed by atoms with Crippen LogP contribution in [0.5, 0.6) is 23.0 Å². The second-order valence-corrected chi connectivity index (χ2v) is 8.60. The molecule has 1 heterocycles. The lowest BCUT2D eigenvalue weighted by Gasteiger charge is -2.19. The fourth-order valence-electron chi connectivity index (χ4n) is 4.90. The minimum absolute atomic E-state index is 0.221. The van der Waals surface area contributed by atoms with Gasteiger partial charge in [-0.25, -0.2) is 9.07 Å². The van der Waals surface area contributed by atoms with E-state index in [0.717, 1.165) is 27.8 Å². The number of rotatable bonds is 6. The highest BCUT2D eigenvalue weighted by atomic mass is 19.1. The number of benzene rings is 2. The van der Waals surface area contributed by atoms with Crippen molar-refractivity contribution < 1.29 is 23.3 Å². The molecular weight excluding hydrogens is 477 g/mol. The molecule has 0 N–H and O–H groups in total. The highest BCUT2D eigenvalue weighted by molar-refractivity contribution is 5.82. The van der Waals surface area contributed by atoms with Crippen molar-refractivity contribution >= 4 is 0 Å². The van der Waals surface area contributed by atoms with Crippen LogP contribution in [-0.2, 0) is 6.42 Å². The van der Waals surface area contributed by atoms with E-state index in [0.29, 0.717) is 35.8 Å². The van der Waals surface area contributed by atoms with Gasteiger partial charge in [-0.1, -0.05) is 11.3 Å². The lowest BCUT2D eigenvalue weighted by atomic mass is 9.95. The van der Waals surface area contributed by atoms with Gasteiger partial charge in [0.15, 0.2) is 17.2 Å². The quantitative estimate of drug-likeness (QED) is 0.378. The molecule has 1 atom stereocenters. The number of nitrogens with zero attached hydrogens (tertiary/aromatic N) is 3. The number of hydrogen-bond donors (Lipinski definition) is 0. The van der Waals surface area contributed by atoms with E-state index in [-0.39, 0.29) is 23.0 Å². The zero-order valence-electron chi connectivity index (χ0n) is 20.9. The number of fused-ring (bicyclic) bond motifs is 3. The summed E-state index contributed by atoms with van der Waals surface area (Å²) in [7, 11) is 6.18. The number of methoxy groups -OCH3 is 4. The van der Waals surface area contributed by atoms with Crippen LogP contribution in [0.1, 0.15) is 23.6 Å². The average Bonchev–Trinajstić information content (AvgIpc) is 3.27. The van der Waals surface area contributed by atoms with Gasteiger partial charge in [-0.15, -0.1) is 5.10 Å². The number of aryl methyl sites for hydroxylation is 1. The number of aromatic nitrogens is 3. The SMILES string of the molecule is COc1cc2c(c(OC)c1OC)-c1ccc(OC)c(=O)cc1[C@@H](n1cc(-c3ccc(F)cc3)nn1)CC2. The summed E-state index contributed by atoms with van der Waals surface area (Å²) < 4.78 is 37.6. The lowest BCUT2D eigenvalue weighted by molar-refractivity contribution is 0.324. The molecule has 0 fully saturated rings. The first kappa shape index (κ1) is 24.3.